The van der Waals surface area contributed by atoms with Crippen molar-refractivity contribution in [2.24, 2.45) is 5.92 Å². The minimum absolute atomic E-state index is 0.159. The predicted molar refractivity (Wildman–Crippen MR) is 116 cm³/mol. The lowest BCUT2D eigenvalue weighted by atomic mass is 9.82. The second kappa shape index (κ2) is 8.49. The van der Waals surface area contributed by atoms with Gasteiger partial charge in [-0.25, -0.2) is 4.79 Å². The van der Waals surface area contributed by atoms with Crippen LogP contribution in [-0.4, -0.2) is 58.9 Å². The summed E-state index contributed by atoms with van der Waals surface area (Å²) in [6.07, 6.45) is 5.49. The van der Waals surface area contributed by atoms with Crippen LogP contribution in [0.4, 0.5) is 5.82 Å². The Hall–Kier alpha value is -3.43. The van der Waals surface area contributed by atoms with Crippen LogP contribution in [0.25, 0.3) is 0 Å². The van der Waals surface area contributed by atoms with Gasteiger partial charge in [0.25, 0.3) is 5.91 Å². The number of ether oxygens (including phenoxy) is 1. The van der Waals surface area contributed by atoms with Crippen molar-refractivity contribution in [3.05, 3.63) is 72.4 Å². The van der Waals surface area contributed by atoms with Gasteiger partial charge in [0.1, 0.15) is 12.8 Å². The summed E-state index contributed by atoms with van der Waals surface area (Å²) in [5.74, 6) is -0.314. The number of carbonyl (C=O) groups is 2. The normalized spacial score (nSPS) is 25.8. The molecular formula is C24H26N3O6+. The van der Waals surface area contributed by atoms with Gasteiger partial charge in [-0.05, 0) is 11.6 Å². The fraction of sp³-hybridized carbons (Fsp3) is 0.375. The van der Waals surface area contributed by atoms with E-state index in [0.29, 0.717) is 28.0 Å². The third-order valence-corrected chi connectivity index (χ3v) is 6.91. The van der Waals surface area contributed by atoms with E-state index in [0.717, 1.165) is 25.9 Å². The summed E-state index contributed by atoms with van der Waals surface area (Å²) in [6.45, 7) is 2.47. The van der Waals surface area contributed by atoms with Crippen LogP contribution in [0.1, 0.15) is 24.0 Å². The molecule has 3 fully saturated rings. The van der Waals surface area contributed by atoms with E-state index >= 15 is 0 Å². The minimum atomic E-state index is -1.98. The van der Waals surface area contributed by atoms with Crippen LogP contribution in [-0.2, 0) is 19.9 Å². The molecule has 3 saturated heterocycles. The number of amides is 1. The summed E-state index contributed by atoms with van der Waals surface area (Å²) >= 11 is 0. The van der Waals surface area contributed by atoms with Gasteiger partial charge in [0.05, 0.1) is 25.6 Å². The lowest BCUT2D eigenvalue weighted by molar-refractivity contribution is -0.939. The molecule has 6 rings (SSSR count). The number of anilines is 1. The maximum atomic E-state index is 13.4. The van der Waals surface area contributed by atoms with Crippen molar-refractivity contribution in [2.45, 2.75) is 24.5 Å². The van der Waals surface area contributed by atoms with Gasteiger partial charge in [0.15, 0.2) is 18.5 Å². The molecule has 1 amide bonds. The number of esters is 1. The van der Waals surface area contributed by atoms with Gasteiger partial charge in [-0.2, -0.15) is 0 Å². The number of fused-ring (bicyclic) bond motifs is 3. The molecule has 0 saturated carbocycles. The summed E-state index contributed by atoms with van der Waals surface area (Å²) < 4.78 is 16.4. The molecule has 0 aliphatic carbocycles. The van der Waals surface area contributed by atoms with Crippen molar-refractivity contribution < 1.29 is 32.9 Å². The minimum Gasteiger partial charge on any atom is -0.472 e. The molecule has 172 valence electrons. The fourth-order valence-electron chi connectivity index (χ4n) is 5.12. The number of nitrogens with zero attached hydrogens (tertiary/aromatic N) is 2. The maximum absolute atomic E-state index is 13.4. The van der Waals surface area contributed by atoms with Crippen LogP contribution >= 0.6 is 0 Å². The number of aliphatic hydroxyl groups is 1. The quantitative estimate of drug-likeness (QED) is 0.418. The Morgan fingerprint density at radius 2 is 1.91 bits per heavy atom. The highest BCUT2D eigenvalue weighted by molar-refractivity contribution is 5.90. The average Bonchev–Trinajstić information content (AvgIpc) is 3.54. The molecule has 2 aromatic heterocycles. The molecule has 1 aromatic carbocycles. The van der Waals surface area contributed by atoms with Gasteiger partial charge in [-0.3, -0.25) is 4.79 Å². The largest absolute Gasteiger partial charge is 0.472 e. The highest BCUT2D eigenvalue weighted by atomic mass is 16.6. The number of hydrogen-bond donors (Lipinski definition) is 2. The number of hydrogen-bond acceptors (Lipinski definition) is 7. The van der Waals surface area contributed by atoms with Crippen LogP contribution in [0.2, 0.25) is 0 Å². The molecule has 0 spiro atoms. The van der Waals surface area contributed by atoms with E-state index in [4.69, 9.17) is 13.7 Å². The van der Waals surface area contributed by atoms with Gasteiger partial charge >= 0.3 is 5.97 Å². The molecule has 2 bridgehead atoms. The third kappa shape index (κ3) is 4.05. The van der Waals surface area contributed by atoms with Crippen molar-refractivity contribution >= 4 is 17.7 Å². The number of rotatable bonds is 7. The Kier molecular flexibility index (Phi) is 5.51. The van der Waals surface area contributed by atoms with E-state index in [-0.39, 0.29) is 24.5 Å². The smallest absolute Gasteiger partial charge is 0.348 e. The van der Waals surface area contributed by atoms with Crippen LogP contribution in [0.5, 0.6) is 0 Å². The van der Waals surface area contributed by atoms with Crippen molar-refractivity contribution in [3.8, 4) is 0 Å². The first-order valence-electron chi connectivity index (χ1n) is 11.1. The number of nitrogens with one attached hydrogen (secondary N) is 1. The molecule has 5 heterocycles. The zero-order chi connectivity index (χ0) is 22.9. The third-order valence-electron chi connectivity index (χ3n) is 6.91. The van der Waals surface area contributed by atoms with Crippen LogP contribution in [0.15, 0.2) is 70.2 Å². The van der Waals surface area contributed by atoms with Gasteiger partial charge in [0.2, 0.25) is 5.60 Å². The van der Waals surface area contributed by atoms with Gasteiger partial charge < -0.3 is 28.6 Å². The molecule has 3 aliphatic rings. The van der Waals surface area contributed by atoms with Gasteiger partial charge in [-0.1, -0.05) is 35.5 Å². The summed E-state index contributed by atoms with van der Waals surface area (Å²) in [5.41, 5.74) is -1.25. The first-order valence-corrected chi connectivity index (χ1v) is 11.1. The highest BCUT2D eigenvalue weighted by Gasteiger charge is 2.51. The molecule has 3 aromatic rings. The zero-order valence-electron chi connectivity index (χ0n) is 18.1. The number of benzene rings is 1. The van der Waals surface area contributed by atoms with E-state index < -0.39 is 11.6 Å². The van der Waals surface area contributed by atoms with E-state index in [9.17, 15) is 14.7 Å². The predicted octanol–water partition coefficient (Wildman–Crippen LogP) is 2.29. The van der Waals surface area contributed by atoms with Crippen molar-refractivity contribution in [1.29, 1.82) is 0 Å². The van der Waals surface area contributed by atoms with E-state index in [1.807, 2.05) is 6.07 Å². The van der Waals surface area contributed by atoms with Gasteiger partial charge in [0, 0.05) is 30.4 Å². The van der Waals surface area contributed by atoms with E-state index in [1.165, 1.54) is 18.8 Å². The molecular weight excluding hydrogens is 426 g/mol. The topological polar surface area (TPSA) is 115 Å². The number of carbonyl (C=O) groups excluding carboxylic acids is 2. The first-order chi connectivity index (χ1) is 16.0. The second-order valence-corrected chi connectivity index (χ2v) is 8.93. The molecule has 1 unspecified atom stereocenters. The molecule has 9 nitrogen and oxygen atoms in total. The van der Waals surface area contributed by atoms with E-state index in [2.05, 4.69) is 10.5 Å². The summed E-state index contributed by atoms with van der Waals surface area (Å²) in [6, 6.07) is 11.9. The molecule has 0 radical (unpaired) electrons. The molecule has 2 N–H and O–H groups in total. The van der Waals surface area contributed by atoms with E-state index in [1.54, 1.807) is 36.4 Å². The van der Waals surface area contributed by atoms with Crippen molar-refractivity contribution in [1.82, 2.24) is 5.16 Å². The Morgan fingerprint density at radius 1 is 1.12 bits per heavy atom. The highest BCUT2D eigenvalue weighted by Crippen LogP contribution is 2.38. The molecule has 2 atom stereocenters. The first kappa shape index (κ1) is 21.4. The number of piperidine rings is 3. The monoisotopic (exact) mass is 452 g/mol. The Labute approximate surface area is 190 Å². The summed E-state index contributed by atoms with van der Waals surface area (Å²) in [7, 11) is 0. The average molecular weight is 452 g/mol. The standard InChI is InChI=1S/C24H25N3O6/c28-22(25-21-9-13-32-26-21)15-27-10-6-17(7-11-27)20(14-27)33-23(29)24(30,19-8-12-31-16-19)18-4-2-1-3-5-18/h1-5,8-9,12-13,16-17,20,30H,6-7,10-11,14-15H2/p+1/t17?,20?,24-,27?/m1/s1. The zero-order valence-corrected chi connectivity index (χ0v) is 18.1. The van der Waals surface area contributed by atoms with Crippen LogP contribution in [0, 0.1) is 5.92 Å². The lowest BCUT2D eigenvalue weighted by Crippen LogP contribution is -2.66. The van der Waals surface area contributed by atoms with Crippen LogP contribution in [0.3, 0.4) is 0 Å². The Morgan fingerprint density at radius 3 is 2.58 bits per heavy atom. The number of aromatic nitrogens is 1. The van der Waals surface area contributed by atoms with Crippen molar-refractivity contribution in [3.63, 3.8) is 0 Å². The number of quaternary nitrogens is 1. The lowest BCUT2D eigenvalue weighted by Gasteiger charge is -2.51. The molecule has 3 aliphatic heterocycles. The maximum Gasteiger partial charge on any atom is 0.348 e. The SMILES string of the molecule is O=C(C[N+]12CCC(CC1)C(OC(=O)[C@@](O)(c1ccccc1)c1ccoc1)C2)Nc1ccon1. The van der Waals surface area contributed by atoms with Gasteiger partial charge in [-0.15, -0.1) is 0 Å². The Bertz CT molecular complexity index is 1090. The fourth-order valence-corrected chi connectivity index (χ4v) is 5.12. The second-order valence-electron chi connectivity index (χ2n) is 8.93. The molecule has 33 heavy (non-hydrogen) atoms. The van der Waals surface area contributed by atoms with Crippen molar-refractivity contribution in [2.75, 3.05) is 31.5 Å². The Balaban J connectivity index is 1.33. The number of furan rings is 1. The summed E-state index contributed by atoms with van der Waals surface area (Å²) in [4.78, 5) is 26.0. The molecule has 9 heteroatoms. The summed E-state index contributed by atoms with van der Waals surface area (Å²) in [5, 5.41) is 18.0. The van der Waals surface area contributed by atoms with Crippen LogP contribution < -0.4 is 5.32 Å².